The fourth-order valence-corrected chi connectivity index (χ4v) is 5.76. The van der Waals surface area contributed by atoms with E-state index in [9.17, 15) is 9.18 Å². The molecule has 3 heterocycles. The van der Waals surface area contributed by atoms with Crippen molar-refractivity contribution in [1.82, 2.24) is 24.3 Å². The SMILES string of the molecule is CNc1nccn1Cc1cc(CN(C)C)c2c(c1)C(=O)N(C(C)c1cc(OC3CC3)c(F)cn1)CC21CC1. The Morgan fingerprint density at radius 3 is 2.71 bits per heavy atom. The van der Waals surface area contributed by atoms with Crippen molar-refractivity contribution < 1.29 is 13.9 Å². The van der Waals surface area contributed by atoms with Crippen molar-refractivity contribution in [2.45, 2.75) is 63.3 Å². The average Bonchev–Trinajstić information content (AvgIpc) is 3.81. The molecule has 200 valence electrons. The number of hydrogen-bond acceptors (Lipinski definition) is 6. The van der Waals surface area contributed by atoms with Gasteiger partial charge in [-0.1, -0.05) is 6.07 Å². The molecule has 1 aliphatic heterocycles. The standard InChI is InChI=1S/C29H35FN6O2/c1-18(24-13-25(23(30)14-33-24)38-21-5-6-21)36-17-29(7-8-29)26-20(16-34(3)4)11-19(12-22(26)27(36)37)15-35-10-9-32-28(35)31-2/h9-14,18,21H,5-8,15-17H2,1-4H3,(H,31,32). The molecule has 9 heteroatoms. The largest absolute Gasteiger partial charge is 0.487 e. The number of fused-ring (bicyclic) bond motifs is 2. The lowest BCUT2D eigenvalue weighted by atomic mass is 9.81. The number of hydrogen-bond donors (Lipinski definition) is 1. The minimum atomic E-state index is -0.458. The van der Waals surface area contributed by atoms with Gasteiger partial charge in [0.15, 0.2) is 11.6 Å². The third-order valence-corrected chi connectivity index (χ3v) is 7.96. The molecule has 1 spiro atoms. The molecular formula is C29H35FN6O2. The second-order valence-electron chi connectivity index (χ2n) is 11.3. The second-order valence-corrected chi connectivity index (χ2v) is 11.3. The number of pyridine rings is 1. The summed E-state index contributed by atoms with van der Waals surface area (Å²) >= 11 is 0. The number of carbonyl (C=O) groups excluding carboxylic acids is 1. The van der Waals surface area contributed by atoms with Gasteiger partial charge >= 0.3 is 0 Å². The lowest BCUT2D eigenvalue weighted by molar-refractivity contribution is 0.0633. The Morgan fingerprint density at radius 1 is 1.24 bits per heavy atom. The zero-order chi connectivity index (χ0) is 26.6. The number of nitrogens with one attached hydrogen (secondary N) is 1. The highest BCUT2D eigenvalue weighted by atomic mass is 19.1. The molecule has 0 bridgehead atoms. The van der Waals surface area contributed by atoms with Gasteiger partial charge in [-0.2, -0.15) is 0 Å². The molecule has 2 aliphatic carbocycles. The van der Waals surface area contributed by atoms with Crippen molar-refractivity contribution in [2.75, 3.05) is 33.0 Å². The van der Waals surface area contributed by atoms with E-state index >= 15 is 0 Å². The van der Waals surface area contributed by atoms with E-state index in [4.69, 9.17) is 4.74 Å². The molecule has 2 fully saturated rings. The summed E-state index contributed by atoms with van der Waals surface area (Å²) in [4.78, 5) is 27.0. The van der Waals surface area contributed by atoms with Gasteiger partial charge in [0.1, 0.15) is 0 Å². The quantitative estimate of drug-likeness (QED) is 0.454. The molecule has 1 aromatic carbocycles. The normalized spacial score (nSPS) is 18.6. The first-order valence-electron chi connectivity index (χ1n) is 13.4. The number of benzene rings is 1. The first-order valence-corrected chi connectivity index (χ1v) is 13.4. The van der Waals surface area contributed by atoms with Gasteiger partial charge in [-0.05, 0) is 69.5 Å². The van der Waals surface area contributed by atoms with E-state index in [0.29, 0.717) is 18.8 Å². The van der Waals surface area contributed by atoms with Crippen LogP contribution in [0, 0.1) is 5.82 Å². The topological polar surface area (TPSA) is 75.5 Å². The van der Waals surface area contributed by atoms with Crippen LogP contribution < -0.4 is 10.1 Å². The molecule has 0 radical (unpaired) electrons. The minimum absolute atomic E-state index is 0.00198. The summed E-state index contributed by atoms with van der Waals surface area (Å²) in [5.74, 6) is 0.553. The Labute approximate surface area is 222 Å². The van der Waals surface area contributed by atoms with Crippen LogP contribution in [0.5, 0.6) is 5.75 Å². The van der Waals surface area contributed by atoms with E-state index in [2.05, 4.69) is 46.4 Å². The summed E-state index contributed by atoms with van der Waals surface area (Å²) in [6, 6.07) is 5.69. The molecule has 2 saturated carbocycles. The van der Waals surface area contributed by atoms with E-state index in [1.54, 1.807) is 12.3 Å². The third-order valence-electron chi connectivity index (χ3n) is 7.96. The number of halogens is 1. The zero-order valence-electron chi connectivity index (χ0n) is 22.5. The molecule has 0 saturated heterocycles. The zero-order valence-corrected chi connectivity index (χ0v) is 22.5. The van der Waals surface area contributed by atoms with E-state index in [-0.39, 0.29) is 29.2 Å². The van der Waals surface area contributed by atoms with Crippen molar-refractivity contribution in [1.29, 1.82) is 0 Å². The van der Waals surface area contributed by atoms with Gasteiger partial charge in [-0.15, -0.1) is 0 Å². The van der Waals surface area contributed by atoms with Crippen LogP contribution in [0.4, 0.5) is 10.3 Å². The lowest BCUT2D eigenvalue weighted by Crippen LogP contribution is -2.45. The van der Waals surface area contributed by atoms with Crippen LogP contribution in [0.2, 0.25) is 0 Å². The van der Waals surface area contributed by atoms with Crippen LogP contribution in [0.15, 0.2) is 36.8 Å². The molecule has 1 unspecified atom stereocenters. The summed E-state index contributed by atoms with van der Waals surface area (Å²) in [5, 5.41) is 3.13. The molecule has 2 aromatic heterocycles. The third kappa shape index (κ3) is 4.53. The van der Waals surface area contributed by atoms with Gasteiger partial charge in [0, 0.05) is 49.6 Å². The monoisotopic (exact) mass is 518 g/mol. The van der Waals surface area contributed by atoms with Crippen molar-refractivity contribution in [3.05, 3.63) is 70.6 Å². The van der Waals surface area contributed by atoms with E-state index < -0.39 is 5.82 Å². The minimum Gasteiger partial charge on any atom is -0.487 e. The van der Waals surface area contributed by atoms with Crippen molar-refractivity contribution in [3.63, 3.8) is 0 Å². The molecule has 3 aromatic rings. The van der Waals surface area contributed by atoms with Crippen LogP contribution in [0.25, 0.3) is 0 Å². The van der Waals surface area contributed by atoms with Crippen LogP contribution in [0.1, 0.15) is 71.4 Å². The Balaban J connectivity index is 1.38. The molecule has 1 atom stereocenters. The number of aromatic nitrogens is 3. The summed E-state index contributed by atoms with van der Waals surface area (Å²) in [6.45, 7) is 4.00. The Kier molecular flexibility index (Phi) is 6.13. The van der Waals surface area contributed by atoms with Crippen LogP contribution in [-0.4, -0.2) is 64.0 Å². The molecule has 1 amide bonds. The highest BCUT2D eigenvalue weighted by molar-refractivity contribution is 5.98. The number of anilines is 1. The number of imidazole rings is 1. The fraction of sp³-hybridized carbons (Fsp3) is 0.483. The maximum absolute atomic E-state index is 14.4. The van der Waals surface area contributed by atoms with Crippen LogP contribution in [-0.2, 0) is 18.5 Å². The summed E-state index contributed by atoms with van der Waals surface area (Å²) in [7, 11) is 5.98. The Hall–Kier alpha value is -3.46. The second kappa shape index (κ2) is 9.38. The van der Waals surface area contributed by atoms with E-state index in [0.717, 1.165) is 49.3 Å². The summed E-state index contributed by atoms with van der Waals surface area (Å²) in [5.41, 5.74) is 4.86. The van der Waals surface area contributed by atoms with Crippen LogP contribution in [0.3, 0.4) is 0 Å². The number of ether oxygens (including phenoxy) is 1. The molecule has 8 nitrogen and oxygen atoms in total. The molecule has 1 N–H and O–H groups in total. The number of nitrogens with zero attached hydrogens (tertiary/aromatic N) is 5. The maximum Gasteiger partial charge on any atom is 0.254 e. The van der Waals surface area contributed by atoms with Gasteiger partial charge in [-0.25, -0.2) is 9.37 Å². The number of carbonyl (C=O) groups is 1. The highest BCUT2D eigenvalue weighted by Crippen LogP contribution is 2.55. The fourth-order valence-electron chi connectivity index (χ4n) is 5.76. The van der Waals surface area contributed by atoms with Crippen LogP contribution >= 0.6 is 0 Å². The van der Waals surface area contributed by atoms with Crippen molar-refractivity contribution >= 4 is 11.9 Å². The van der Waals surface area contributed by atoms with Gasteiger partial charge in [-0.3, -0.25) is 9.78 Å². The first-order chi connectivity index (χ1) is 18.3. The summed E-state index contributed by atoms with van der Waals surface area (Å²) < 4.78 is 22.2. The van der Waals surface area contributed by atoms with Gasteiger partial charge in [0.05, 0.1) is 30.6 Å². The van der Waals surface area contributed by atoms with Gasteiger partial charge in [0.25, 0.3) is 5.91 Å². The predicted molar refractivity (Wildman–Crippen MR) is 143 cm³/mol. The van der Waals surface area contributed by atoms with Gasteiger partial charge in [0.2, 0.25) is 5.95 Å². The predicted octanol–water partition coefficient (Wildman–Crippen LogP) is 4.36. The van der Waals surface area contributed by atoms with E-state index in [1.165, 1.54) is 17.3 Å². The van der Waals surface area contributed by atoms with Gasteiger partial charge < -0.3 is 24.4 Å². The number of amides is 1. The Morgan fingerprint density at radius 2 is 2.03 bits per heavy atom. The lowest BCUT2D eigenvalue weighted by Gasteiger charge is -2.40. The van der Waals surface area contributed by atoms with Crippen molar-refractivity contribution in [3.8, 4) is 5.75 Å². The molecule has 3 aliphatic rings. The maximum atomic E-state index is 14.4. The highest BCUT2D eigenvalue weighted by Gasteiger charge is 2.53. The van der Waals surface area contributed by atoms with E-state index in [1.807, 2.05) is 29.6 Å². The first kappa shape index (κ1) is 24.9. The van der Waals surface area contributed by atoms with Crippen molar-refractivity contribution in [2.24, 2.45) is 0 Å². The number of rotatable bonds is 9. The summed E-state index contributed by atoms with van der Waals surface area (Å²) in [6.07, 6.45) is 9.01. The average molecular weight is 519 g/mol. The molecule has 38 heavy (non-hydrogen) atoms. The smallest absolute Gasteiger partial charge is 0.254 e. The molecular weight excluding hydrogens is 483 g/mol. The Bertz CT molecular complexity index is 1380. The molecule has 6 rings (SSSR count).